The van der Waals surface area contributed by atoms with E-state index < -0.39 is 0 Å². The predicted molar refractivity (Wildman–Crippen MR) is 102 cm³/mol. The molecule has 0 aliphatic carbocycles. The SMILES string of the molecule is O=C(NCCO)c1cnc(N2CCN(Cc3ccc4c(c3)OCO4)CC2)s1. The van der Waals surface area contributed by atoms with E-state index in [0.717, 1.165) is 49.4 Å². The number of fused-ring (bicyclic) bond motifs is 1. The van der Waals surface area contributed by atoms with Crippen LogP contribution in [-0.2, 0) is 6.54 Å². The maximum atomic E-state index is 11.9. The van der Waals surface area contributed by atoms with Crippen molar-refractivity contribution in [3.63, 3.8) is 0 Å². The van der Waals surface area contributed by atoms with E-state index in [1.165, 1.54) is 16.9 Å². The number of aliphatic hydroxyl groups excluding tert-OH is 1. The third-order valence-electron chi connectivity index (χ3n) is 4.60. The van der Waals surface area contributed by atoms with Gasteiger partial charge in [-0.2, -0.15) is 0 Å². The molecular formula is C18H22N4O4S. The van der Waals surface area contributed by atoms with Gasteiger partial charge in [0.2, 0.25) is 6.79 Å². The van der Waals surface area contributed by atoms with Crippen molar-refractivity contribution in [3.05, 3.63) is 34.8 Å². The van der Waals surface area contributed by atoms with Gasteiger partial charge in [0.25, 0.3) is 5.91 Å². The first kappa shape index (κ1) is 18.0. The average molecular weight is 390 g/mol. The molecule has 1 aromatic heterocycles. The summed E-state index contributed by atoms with van der Waals surface area (Å²) in [4.78, 5) is 21.5. The van der Waals surface area contributed by atoms with Crippen LogP contribution in [0.15, 0.2) is 24.4 Å². The molecule has 1 amide bonds. The van der Waals surface area contributed by atoms with Gasteiger partial charge in [0, 0.05) is 39.3 Å². The van der Waals surface area contributed by atoms with Crippen LogP contribution in [0.5, 0.6) is 11.5 Å². The van der Waals surface area contributed by atoms with Crippen LogP contribution < -0.4 is 19.7 Å². The van der Waals surface area contributed by atoms with Gasteiger partial charge < -0.3 is 24.8 Å². The molecule has 0 bridgehead atoms. The normalized spacial score (nSPS) is 16.6. The lowest BCUT2D eigenvalue weighted by Crippen LogP contribution is -2.45. The number of piperazine rings is 1. The molecule has 0 unspecified atom stereocenters. The van der Waals surface area contributed by atoms with Gasteiger partial charge >= 0.3 is 0 Å². The number of ether oxygens (including phenoxy) is 2. The molecule has 2 aliphatic rings. The minimum Gasteiger partial charge on any atom is -0.454 e. The molecule has 2 aliphatic heterocycles. The van der Waals surface area contributed by atoms with Gasteiger partial charge in [-0.25, -0.2) is 4.98 Å². The van der Waals surface area contributed by atoms with E-state index in [1.807, 2.05) is 12.1 Å². The molecule has 9 heteroatoms. The summed E-state index contributed by atoms with van der Waals surface area (Å²) in [5.41, 5.74) is 1.21. The minimum atomic E-state index is -0.186. The van der Waals surface area contributed by atoms with Gasteiger partial charge in [-0.05, 0) is 17.7 Å². The van der Waals surface area contributed by atoms with Crippen molar-refractivity contribution >= 4 is 22.4 Å². The molecule has 0 saturated carbocycles. The summed E-state index contributed by atoms with van der Waals surface area (Å²) < 4.78 is 10.8. The number of benzene rings is 1. The Bertz CT molecular complexity index is 804. The summed E-state index contributed by atoms with van der Waals surface area (Å²) in [7, 11) is 0. The van der Waals surface area contributed by atoms with Crippen LogP contribution in [0.2, 0.25) is 0 Å². The zero-order chi connectivity index (χ0) is 18.6. The maximum Gasteiger partial charge on any atom is 0.263 e. The third-order valence-corrected chi connectivity index (χ3v) is 5.66. The van der Waals surface area contributed by atoms with Crippen molar-refractivity contribution < 1.29 is 19.4 Å². The largest absolute Gasteiger partial charge is 0.454 e. The number of hydrogen-bond donors (Lipinski definition) is 2. The molecule has 1 saturated heterocycles. The summed E-state index contributed by atoms with van der Waals surface area (Å²) in [5, 5.41) is 12.3. The minimum absolute atomic E-state index is 0.0667. The molecule has 1 aromatic carbocycles. The van der Waals surface area contributed by atoms with Gasteiger partial charge in [-0.3, -0.25) is 9.69 Å². The van der Waals surface area contributed by atoms with Gasteiger partial charge in [0.1, 0.15) is 4.88 Å². The fraction of sp³-hybridized carbons (Fsp3) is 0.444. The molecule has 4 rings (SSSR count). The second kappa shape index (κ2) is 8.12. The lowest BCUT2D eigenvalue weighted by Gasteiger charge is -2.34. The van der Waals surface area contributed by atoms with Gasteiger partial charge in [-0.1, -0.05) is 17.4 Å². The van der Waals surface area contributed by atoms with Crippen LogP contribution in [0.3, 0.4) is 0 Å². The number of carbonyl (C=O) groups excluding carboxylic acids is 1. The highest BCUT2D eigenvalue weighted by molar-refractivity contribution is 7.17. The monoisotopic (exact) mass is 390 g/mol. The quantitative estimate of drug-likeness (QED) is 0.758. The zero-order valence-corrected chi connectivity index (χ0v) is 15.7. The molecule has 27 heavy (non-hydrogen) atoms. The number of aromatic nitrogens is 1. The predicted octanol–water partition coefficient (Wildman–Crippen LogP) is 0.916. The molecule has 2 aromatic rings. The van der Waals surface area contributed by atoms with E-state index in [9.17, 15) is 4.79 Å². The standard InChI is InChI=1S/C18H22N4O4S/c23-8-3-19-17(24)16-10-20-18(27-16)22-6-4-21(5-7-22)11-13-1-2-14-15(9-13)26-12-25-14/h1-2,9-10,23H,3-8,11-12H2,(H,19,24). The Morgan fingerprint density at radius 3 is 2.85 bits per heavy atom. The van der Waals surface area contributed by atoms with Crippen molar-refractivity contribution in [3.8, 4) is 11.5 Å². The maximum absolute atomic E-state index is 11.9. The van der Waals surface area contributed by atoms with Crippen molar-refractivity contribution in [2.75, 3.05) is 51.0 Å². The highest BCUT2D eigenvalue weighted by Gasteiger charge is 2.21. The highest BCUT2D eigenvalue weighted by atomic mass is 32.1. The molecule has 1 fully saturated rings. The van der Waals surface area contributed by atoms with Gasteiger partial charge in [0.15, 0.2) is 16.6 Å². The van der Waals surface area contributed by atoms with Crippen molar-refractivity contribution in [1.82, 2.24) is 15.2 Å². The van der Waals surface area contributed by atoms with E-state index in [0.29, 0.717) is 11.7 Å². The van der Waals surface area contributed by atoms with Crippen LogP contribution in [0.1, 0.15) is 15.2 Å². The number of rotatable bonds is 6. The van der Waals surface area contributed by atoms with Crippen molar-refractivity contribution in [1.29, 1.82) is 0 Å². The number of nitrogens with zero attached hydrogens (tertiary/aromatic N) is 3. The van der Waals surface area contributed by atoms with Crippen LogP contribution in [0, 0.1) is 0 Å². The van der Waals surface area contributed by atoms with E-state index in [4.69, 9.17) is 14.6 Å². The summed E-state index contributed by atoms with van der Waals surface area (Å²) in [5.74, 6) is 1.45. The van der Waals surface area contributed by atoms with E-state index in [-0.39, 0.29) is 19.1 Å². The second-order valence-electron chi connectivity index (χ2n) is 6.44. The summed E-state index contributed by atoms with van der Waals surface area (Å²) in [6, 6.07) is 6.09. The fourth-order valence-corrected chi connectivity index (χ4v) is 4.05. The molecule has 3 heterocycles. The van der Waals surface area contributed by atoms with E-state index in [2.05, 4.69) is 26.2 Å². The van der Waals surface area contributed by atoms with Gasteiger partial charge in [0.05, 0.1) is 12.8 Å². The van der Waals surface area contributed by atoms with Crippen LogP contribution in [0.25, 0.3) is 0 Å². The number of hydrogen-bond acceptors (Lipinski definition) is 8. The molecule has 144 valence electrons. The molecule has 0 spiro atoms. The Hall–Kier alpha value is -2.36. The third kappa shape index (κ3) is 4.15. The first-order chi connectivity index (χ1) is 13.2. The second-order valence-corrected chi connectivity index (χ2v) is 7.45. The van der Waals surface area contributed by atoms with Crippen LogP contribution >= 0.6 is 11.3 Å². The Morgan fingerprint density at radius 2 is 2.04 bits per heavy atom. The Kier molecular flexibility index (Phi) is 5.42. The Balaban J connectivity index is 1.30. The summed E-state index contributed by atoms with van der Waals surface area (Å²) in [6.45, 7) is 4.96. The molecule has 0 radical (unpaired) electrons. The number of aliphatic hydroxyl groups is 1. The highest BCUT2D eigenvalue weighted by Crippen LogP contribution is 2.33. The first-order valence-electron chi connectivity index (χ1n) is 8.93. The number of anilines is 1. The topological polar surface area (TPSA) is 87.2 Å². The number of nitrogens with one attached hydrogen (secondary N) is 1. The summed E-state index contributed by atoms with van der Waals surface area (Å²) >= 11 is 1.39. The molecule has 0 atom stereocenters. The van der Waals surface area contributed by atoms with Crippen LogP contribution in [0.4, 0.5) is 5.13 Å². The lowest BCUT2D eigenvalue weighted by molar-refractivity contribution is 0.0948. The smallest absolute Gasteiger partial charge is 0.263 e. The lowest BCUT2D eigenvalue weighted by atomic mass is 10.1. The van der Waals surface area contributed by atoms with Crippen LogP contribution in [-0.4, -0.2) is 67.0 Å². The van der Waals surface area contributed by atoms with Crippen molar-refractivity contribution in [2.45, 2.75) is 6.54 Å². The average Bonchev–Trinajstić information content (AvgIpc) is 3.36. The van der Waals surface area contributed by atoms with E-state index >= 15 is 0 Å². The fourth-order valence-electron chi connectivity index (χ4n) is 3.17. The Morgan fingerprint density at radius 1 is 1.22 bits per heavy atom. The Labute approximate surface area is 161 Å². The summed E-state index contributed by atoms with van der Waals surface area (Å²) in [6.07, 6.45) is 1.60. The number of amides is 1. The molecule has 8 nitrogen and oxygen atoms in total. The number of thiazole rings is 1. The van der Waals surface area contributed by atoms with E-state index in [1.54, 1.807) is 6.20 Å². The van der Waals surface area contributed by atoms with Gasteiger partial charge in [-0.15, -0.1) is 0 Å². The first-order valence-corrected chi connectivity index (χ1v) is 9.75. The molecular weight excluding hydrogens is 368 g/mol. The van der Waals surface area contributed by atoms with Crippen molar-refractivity contribution in [2.24, 2.45) is 0 Å². The zero-order valence-electron chi connectivity index (χ0n) is 14.9. The number of carbonyl (C=O) groups is 1. The molecule has 2 N–H and O–H groups in total.